The summed E-state index contributed by atoms with van der Waals surface area (Å²) < 4.78 is 5.87. The first-order valence-electron chi connectivity index (χ1n) is 12.3. The maximum atomic E-state index is 12.6. The highest BCUT2D eigenvalue weighted by Crippen LogP contribution is 2.45. The van der Waals surface area contributed by atoms with Gasteiger partial charge < -0.3 is 4.74 Å². The molecule has 4 aliphatic carbocycles. The van der Waals surface area contributed by atoms with Gasteiger partial charge in [0.25, 0.3) is 0 Å². The standard InChI is InChI=1S/C24H40O4/c25-24(27-22-7-3-1-4-8-22)21-14-13-19-15-18(11-12-20(19)16-21)17-26-28-23-9-5-2-6-10-23/h18-23H,1-17H2. The molecule has 0 aromatic carbocycles. The molecular formula is C24H40O4. The summed E-state index contributed by atoms with van der Waals surface area (Å²) in [5.74, 6) is 2.39. The third kappa shape index (κ3) is 5.72. The van der Waals surface area contributed by atoms with E-state index in [0.717, 1.165) is 51.0 Å². The molecule has 0 saturated heterocycles. The Bertz CT molecular complexity index is 481. The Hall–Kier alpha value is -0.610. The zero-order chi connectivity index (χ0) is 19.2. The number of carbonyl (C=O) groups excluding carboxylic acids is 1. The lowest BCUT2D eigenvalue weighted by atomic mass is 9.65. The summed E-state index contributed by atoms with van der Waals surface area (Å²) in [6, 6.07) is 0. The molecule has 0 spiro atoms. The fourth-order valence-electron chi connectivity index (χ4n) is 6.19. The molecule has 0 aromatic heterocycles. The number of esters is 1. The van der Waals surface area contributed by atoms with Crippen molar-refractivity contribution in [1.29, 1.82) is 0 Å². The number of hydrogen-bond donors (Lipinski definition) is 0. The summed E-state index contributed by atoms with van der Waals surface area (Å²) in [5, 5.41) is 0. The summed E-state index contributed by atoms with van der Waals surface area (Å²) in [6.45, 7) is 0.757. The molecule has 28 heavy (non-hydrogen) atoms. The molecule has 4 atom stereocenters. The average molecular weight is 393 g/mol. The first-order chi connectivity index (χ1) is 13.8. The van der Waals surface area contributed by atoms with E-state index in [-0.39, 0.29) is 18.0 Å². The second kappa shape index (κ2) is 10.4. The Balaban J connectivity index is 1.15. The average Bonchev–Trinajstić information content (AvgIpc) is 2.75. The second-order valence-corrected chi connectivity index (χ2v) is 10.0. The van der Waals surface area contributed by atoms with Gasteiger partial charge in [0.05, 0.1) is 18.6 Å². The van der Waals surface area contributed by atoms with Crippen molar-refractivity contribution >= 4 is 5.97 Å². The zero-order valence-corrected chi connectivity index (χ0v) is 17.6. The monoisotopic (exact) mass is 392 g/mol. The number of rotatable bonds is 6. The van der Waals surface area contributed by atoms with Crippen molar-refractivity contribution in [3.63, 3.8) is 0 Å². The predicted molar refractivity (Wildman–Crippen MR) is 109 cm³/mol. The molecule has 4 unspecified atom stereocenters. The molecule has 0 heterocycles. The van der Waals surface area contributed by atoms with E-state index in [1.165, 1.54) is 64.2 Å². The Labute approximate surface area is 171 Å². The van der Waals surface area contributed by atoms with Gasteiger partial charge >= 0.3 is 5.97 Å². The number of carbonyl (C=O) groups is 1. The van der Waals surface area contributed by atoms with E-state index in [4.69, 9.17) is 14.5 Å². The van der Waals surface area contributed by atoms with E-state index >= 15 is 0 Å². The fourth-order valence-corrected chi connectivity index (χ4v) is 6.19. The maximum absolute atomic E-state index is 12.6. The van der Waals surface area contributed by atoms with Crippen molar-refractivity contribution < 1.29 is 19.3 Å². The third-order valence-corrected chi connectivity index (χ3v) is 7.95. The molecule has 4 rings (SSSR count). The van der Waals surface area contributed by atoms with Crippen LogP contribution in [0.1, 0.15) is 103 Å². The lowest BCUT2D eigenvalue weighted by Crippen LogP contribution is -2.36. The topological polar surface area (TPSA) is 44.8 Å². The molecule has 4 heteroatoms. The lowest BCUT2D eigenvalue weighted by Gasteiger charge is -2.41. The molecular weight excluding hydrogens is 352 g/mol. The molecule has 0 bridgehead atoms. The van der Waals surface area contributed by atoms with Crippen LogP contribution in [0.15, 0.2) is 0 Å². The summed E-state index contributed by atoms with van der Waals surface area (Å²) in [6.07, 6.45) is 19.7. The van der Waals surface area contributed by atoms with E-state index in [2.05, 4.69) is 0 Å². The van der Waals surface area contributed by atoms with Gasteiger partial charge in [0.15, 0.2) is 0 Å². The maximum Gasteiger partial charge on any atom is 0.309 e. The van der Waals surface area contributed by atoms with Crippen LogP contribution in [-0.2, 0) is 19.3 Å². The highest BCUT2D eigenvalue weighted by Gasteiger charge is 2.39. The Morgan fingerprint density at radius 3 is 2.07 bits per heavy atom. The third-order valence-electron chi connectivity index (χ3n) is 7.95. The van der Waals surface area contributed by atoms with Gasteiger partial charge in [-0.3, -0.25) is 4.79 Å². The quantitative estimate of drug-likeness (QED) is 0.317. The highest BCUT2D eigenvalue weighted by atomic mass is 17.2. The van der Waals surface area contributed by atoms with Gasteiger partial charge in [-0.1, -0.05) is 25.7 Å². The van der Waals surface area contributed by atoms with Crippen LogP contribution in [0.25, 0.3) is 0 Å². The minimum Gasteiger partial charge on any atom is -0.462 e. The highest BCUT2D eigenvalue weighted by molar-refractivity contribution is 5.72. The Kier molecular flexibility index (Phi) is 7.69. The molecule has 0 N–H and O–H groups in total. The van der Waals surface area contributed by atoms with Crippen LogP contribution >= 0.6 is 0 Å². The van der Waals surface area contributed by atoms with Crippen LogP contribution in [0.4, 0.5) is 0 Å². The van der Waals surface area contributed by atoms with Crippen LogP contribution in [0.3, 0.4) is 0 Å². The molecule has 4 nitrogen and oxygen atoms in total. The molecule has 0 radical (unpaired) electrons. The van der Waals surface area contributed by atoms with Crippen molar-refractivity contribution in [1.82, 2.24) is 0 Å². The van der Waals surface area contributed by atoms with E-state index in [0.29, 0.717) is 17.9 Å². The van der Waals surface area contributed by atoms with Gasteiger partial charge in [-0.2, -0.15) is 0 Å². The number of hydrogen-bond acceptors (Lipinski definition) is 4. The van der Waals surface area contributed by atoms with Crippen LogP contribution < -0.4 is 0 Å². The van der Waals surface area contributed by atoms with E-state index in [9.17, 15) is 4.79 Å². The van der Waals surface area contributed by atoms with Crippen molar-refractivity contribution in [2.24, 2.45) is 23.7 Å². The minimum absolute atomic E-state index is 0.108. The van der Waals surface area contributed by atoms with Crippen LogP contribution in [0.2, 0.25) is 0 Å². The number of fused-ring (bicyclic) bond motifs is 1. The van der Waals surface area contributed by atoms with Crippen molar-refractivity contribution in [2.45, 2.75) is 115 Å². The molecule has 160 valence electrons. The Morgan fingerprint density at radius 1 is 0.679 bits per heavy atom. The minimum atomic E-state index is 0.108. The normalized spacial score (nSPS) is 35.3. The molecule has 4 saturated carbocycles. The predicted octanol–water partition coefficient (Wildman–Crippen LogP) is 5.98. The van der Waals surface area contributed by atoms with E-state index < -0.39 is 0 Å². The fraction of sp³-hybridized carbons (Fsp3) is 0.958. The first-order valence-corrected chi connectivity index (χ1v) is 12.3. The van der Waals surface area contributed by atoms with Gasteiger partial charge in [0.2, 0.25) is 0 Å². The molecule has 4 fully saturated rings. The van der Waals surface area contributed by atoms with Gasteiger partial charge in [0, 0.05) is 0 Å². The first kappa shape index (κ1) is 20.7. The Morgan fingerprint density at radius 2 is 1.32 bits per heavy atom. The van der Waals surface area contributed by atoms with Crippen LogP contribution in [-0.4, -0.2) is 24.8 Å². The zero-order valence-electron chi connectivity index (χ0n) is 17.6. The lowest BCUT2D eigenvalue weighted by molar-refractivity contribution is -0.335. The molecule has 4 aliphatic rings. The van der Waals surface area contributed by atoms with Crippen LogP contribution in [0.5, 0.6) is 0 Å². The van der Waals surface area contributed by atoms with Gasteiger partial charge in [-0.05, 0) is 94.8 Å². The smallest absolute Gasteiger partial charge is 0.309 e. The van der Waals surface area contributed by atoms with Crippen LogP contribution in [0, 0.1) is 23.7 Å². The second-order valence-electron chi connectivity index (χ2n) is 10.0. The summed E-state index contributed by atoms with van der Waals surface area (Å²) in [7, 11) is 0. The molecule has 0 amide bonds. The SMILES string of the molecule is O=C(OC1CCCCC1)C1CCC2CC(COOC3CCCCC3)CCC2C1. The summed E-state index contributed by atoms with van der Waals surface area (Å²) in [4.78, 5) is 24.0. The van der Waals surface area contributed by atoms with Gasteiger partial charge in [-0.25, -0.2) is 9.78 Å². The molecule has 0 aliphatic heterocycles. The molecule has 0 aromatic rings. The van der Waals surface area contributed by atoms with Crippen molar-refractivity contribution in [3.05, 3.63) is 0 Å². The van der Waals surface area contributed by atoms with Gasteiger partial charge in [0.1, 0.15) is 6.10 Å². The van der Waals surface area contributed by atoms with Gasteiger partial charge in [-0.15, -0.1) is 0 Å². The van der Waals surface area contributed by atoms with E-state index in [1.807, 2.05) is 0 Å². The summed E-state index contributed by atoms with van der Waals surface area (Å²) in [5.41, 5.74) is 0. The summed E-state index contributed by atoms with van der Waals surface area (Å²) >= 11 is 0. The number of ether oxygens (including phenoxy) is 1. The largest absolute Gasteiger partial charge is 0.462 e. The van der Waals surface area contributed by atoms with Crippen molar-refractivity contribution in [3.8, 4) is 0 Å². The van der Waals surface area contributed by atoms with E-state index in [1.54, 1.807) is 0 Å². The van der Waals surface area contributed by atoms with Crippen molar-refractivity contribution in [2.75, 3.05) is 6.61 Å².